The van der Waals surface area contributed by atoms with Crippen molar-refractivity contribution in [3.8, 4) is 0 Å². The van der Waals surface area contributed by atoms with Gasteiger partial charge in [-0.3, -0.25) is 0 Å². The molecule has 1 aromatic carbocycles. The summed E-state index contributed by atoms with van der Waals surface area (Å²) in [6, 6.07) is 11.2. The quantitative estimate of drug-likeness (QED) is 0.710. The SMILES string of the molecule is NC12CC3CC(C1)CC(c1ccccc1)(C3)C2.NC12CC3CC(CC(C3)C1)C2. The Morgan fingerprint density at radius 3 is 1.50 bits per heavy atom. The molecule has 152 valence electrons. The number of benzene rings is 1. The Morgan fingerprint density at radius 2 is 1.04 bits per heavy atom. The van der Waals surface area contributed by atoms with Gasteiger partial charge in [-0.25, -0.2) is 0 Å². The summed E-state index contributed by atoms with van der Waals surface area (Å²) < 4.78 is 0. The summed E-state index contributed by atoms with van der Waals surface area (Å²) >= 11 is 0. The first-order chi connectivity index (χ1) is 13.4. The van der Waals surface area contributed by atoms with Crippen molar-refractivity contribution >= 4 is 0 Å². The zero-order chi connectivity index (χ0) is 19.0. The second kappa shape index (κ2) is 6.08. The molecule has 1 aromatic rings. The van der Waals surface area contributed by atoms with Gasteiger partial charge in [-0.1, -0.05) is 30.3 Å². The van der Waals surface area contributed by atoms with Gasteiger partial charge in [0.05, 0.1) is 0 Å². The van der Waals surface area contributed by atoms with Gasteiger partial charge in [0.25, 0.3) is 0 Å². The van der Waals surface area contributed by atoms with Crippen LogP contribution < -0.4 is 11.5 Å². The highest BCUT2D eigenvalue weighted by molar-refractivity contribution is 5.31. The van der Waals surface area contributed by atoms with E-state index >= 15 is 0 Å². The van der Waals surface area contributed by atoms with E-state index in [2.05, 4.69) is 30.3 Å². The molecule has 8 aliphatic rings. The van der Waals surface area contributed by atoms with Gasteiger partial charge < -0.3 is 11.5 Å². The molecular weight excluding hydrogens is 340 g/mol. The van der Waals surface area contributed by atoms with Crippen LogP contribution in [0, 0.1) is 29.6 Å². The number of rotatable bonds is 1. The summed E-state index contributed by atoms with van der Waals surface area (Å²) in [5.74, 6) is 4.87. The van der Waals surface area contributed by atoms with Crippen LogP contribution in [0.5, 0.6) is 0 Å². The minimum Gasteiger partial charge on any atom is -0.325 e. The predicted octanol–water partition coefficient (Wildman–Crippen LogP) is 5.15. The Hall–Kier alpha value is -0.860. The average Bonchev–Trinajstić information content (AvgIpc) is 2.59. The molecule has 2 atom stereocenters. The Kier molecular flexibility index (Phi) is 3.90. The van der Waals surface area contributed by atoms with Gasteiger partial charge in [0.1, 0.15) is 0 Å². The van der Waals surface area contributed by atoms with Crippen molar-refractivity contribution in [3.05, 3.63) is 35.9 Å². The van der Waals surface area contributed by atoms with Crippen molar-refractivity contribution in [3.63, 3.8) is 0 Å². The van der Waals surface area contributed by atoms with Crippen molar-refractivity contribution in [1.29, 1.82) is 0 Å². The first-order valence-electron chi connectivity index (χ1n) is 12.0. The predicted molar refractivity (Wildman–Crippen MR) is 115 cm³/mol. The molecule has 2 heteroatoms. The molecule has 8 bridgehead atoms. The van der Waals surface area contributed by atoms with E-state index in [1.165, 1.54) is 77.0 Å². The van der Waals surface area contributed by atoms with Gasteiger partial charge >= 0.3 is 0 Å². The lowest BCUT2D eigenvalue weighted by molar-refractivity contribution is -0.0227. The second-order valence-electron chi connectivity index (χ2n) is 12.2. The highest BCUT2D eigenvalue weighted by Crippen LogP contribution is 2.61. The Balaban J connectivity index is 0.000000122. The van der Waals surface area contributed by atoms with Gasteiger partial charge in [0.15, 0.2) is 0 Å². The van der Waals surface area contributed by atoms with E-state index in [4.69, 9.17) is 11.5 Å². The smallest absolute Gasteiger partial charge is 0.0168 e. The molecular formula is C26H38N2. The highest BCUT2D eigenvalue weighted by atomic mass is 14.8. The van der Waals surface area contributed by atoms with Crippen molar-refractivity contribution in [1.82, 2.24) is 0 Å². The highest BCUT2D eigenvalue weighted by Gasteiger charge is 2.56. The van der Waals surface area contributed by atoms with Crippen LogP contribution in [0.15, 0.2) is 30.3 Å². The van der Waals surface area contributed by atoms with Crippen LogP contribution in [-0.2, 0) is 5.41 Å². The lowest BCUT2D eigenvalue weighted by atomic mass is 9.45. The standard InChI is InChI=1S/C16H21N.C10H17N/c17-16-9-12-6-13(10-16)8-15(7-12,11-16)14-4-2-1-3-5-14;11-10-4-7-1-8(5-10)3-9(2-7)6-10/h1-5,12-13H,6-11,17H2;7-9H,1-6,11H2. The number of hydrogen-bond donors (Lipinski definition) is 2. The molecule has 0 aliphatic heterocycles. The summed E-state index contributed by atoms with van der Waals surface area (Å²) in [4.78, 5) is 0. The monoisotopic (exact) mass is 378 g/mol. The van der Waals surface area contributed by atoms with Gasteiger partial charge in [-0.2, -0.15) is 0 Å². The molecule has 8 saturated carbocycles. The van der Waals surface area contributed by atoms with Crippen LogP contribution >= 0.6 is 0 Å². The number of hydrogen-bond acceptors (Lipinski definition) is 2. The fourth-order valence-electron chi connectivity index (χ4n) is 9.64. The average molecular weight is 379 g/mol. The van der Waals surface area contributed by atoms with E-state index in [0.717, 1.165) is 29.6 Å². The maximum absolute atomic E-state index is 6.64. The summed E-state index contributed by atoms with van der Waals surface area (Å²) in [5, 5.41) is 0. The van der Waals surface area contributed by atoms with Gasteiger partial charge in [0, 0.05) is 11.1 Å². The summed E-state index contributed by atoms with van der Waals surface area (Å²) in [5.41, 5.74) is 15.4. The minimum absolute atomic E-state index is 0.167. The lowest BCUT2D eigenvalue weighted by Gasteiger charge is -2.61. The molecule has 0 aromatic heterocycles. The Labute approximate surface area is 170 Å². The third-order valence-corrected chi connectivity index (χ3v) is 9.58. The molecule has 4 N–H and O–H groups in total. The van der Waals surface area contributed by atoms with Gasteiger partial charge in [-0.05, 0) is 118 Å². The molecule has 0 spiro atoms. The third-order valence-electron chi connectivity index (χ3n) is 9.58. The molecule has 0 heterocycles. The van der Waals surface area contributed by atoms with Crippen LogP contribution in [0.3, 0.4) is 0 Å². The van der Waals surface area contributed by atoms with E-state index in [1.54, 1.807) is 5.56 Å². The Bertz CT molecular complexity index is 689. The second-order valence-corrected chi connectivity index (χ2v) is 12.2. The van der Waals surface area contributed by atoms with Crippen LogP contribution in [0.2, 0.25) is 0 Å². The fraction of sp³-hybridized carbons (Fsp3) is 0.769. The Morgan fingerprint density at radius 1 is 0.571 bits per heavy atom. The fourth-order valence-corrected chi connectivity index (χ4v) is 9.64. The first kappa shape index (κ1) is 18.0. The lowest BCUT2D eigenvalue weighted by Crippen LogP contribution is -2.61. The van der Waals surface area contributed by atoms with Gasteiger partial charge in [0.2, 0.25) is 0 Å². The summed E-state index contributed by atoms with van der Waals surface area (Å²) in [6.07, 6.45) is 16.6. The van der Waals surface area contributed by atoms with E-state index in [1.807, 2.05) is 0 Å². The third kappa shape index (κ3) is 2.98. The molecule has 0 amide bonds. The minimum atomic E-state index is 0.167. The van der Waals surface area contributed by atoms with E-state index in [-0.39, 0.29) is 5.54 Å². The van der Waals surface area contributed by atoms with Crippen molar-refractivity contribution in [2.45, 2.75) is 93.5 Å². The van der Waals surface area contributed by atoms with E-state index < -0.39 is 0 Å². The van der Waals surface area contributed by atoms with E-state index in [9.17, 15) is 0 Å². The molecule has 8 aliphatic carbocycles. The molecule has 28 heavy (non-hydrogen) atoms. The maximum Gasteiger partial charge on any atom is 0.0168 e. The molecule has 2 nitrogen and oxygen atoms in total. The largest absolute Gasteiger partial charge is 0.325 e. The zero-order valence-corrected chi connectivity index (χ0v) is 17.4. The first-order valence-corrected chi connectivity index (χ1v) is 12.0. The zero-order valence-electron chi connectivity index (χ0n) is 17.4. The van der Waals surface area contributed by atoms with E-state index in [0.29, 0.717) is 11.0 Å². The molecule has 8 fully saturated rings. The van der Waals surface area contributed by atoms with Crippen LogP contribution in [0.1, 0.15) is 82.6 Å². The molecule has 2 unspecified atom stereocenters. The van der Waals surface area contributed by atoms with Crippen molar-refractivity contribution < 1.29 is 0 Å². The molecule has 0 radical (unpaired) electrons. The summed E-state index contributed by atoms with van der Waals surface area (Å²) in [6.45, 7) is 0. The maximum atomic E-state index is 6.64. The number of nitrogens with two attached hydrogens (primary N) is 2. The van der Waals surface area contributed by atoms with Crippen LogP contribution in [0.25, 0.3) is 0 Å². The van der Waals surface area contributed by atoms with Gasteiger partial charge in [-0.15, -0.1) is 0 Å². The topological polar surface area (TPSA) is 52.0 Å². The molecule has 9 rings (SSSR count). The normalized spacial score (nSPS) is 52.4. The molecule has 0 saturated heterocycles. The van der Waals surface area contributed by atoms with Crippen LogP contribution in [0.4, 0.5) is 0 Å². The van der Waals surface area contributed by atoms with Crippen molar-refractivity contribution in [2.24, 2.45) is 41.1 Å². The van der Waals surface area contributed by atoms with Crippen molar-refractivity contribution in [2.75, 3.05) is 0 Å². The van der Waals surface area contributed by atoms with Crippen LogP contribution in [-0.4, -0.2) is 11.1 Å². The summed E-state index contributed by atoms with van der Waals surface area (Å²) in [7, 11) is 0.